The number of hydrogen-bond acceptors (Lipinski definition) is 4. The Bertz CT molecular complexity index is 709. The molecule has 3 rings (SSSR count). The van der Waals surface area contributed by atoms with Crippen LogP contribution in [0.1, 0.15) is 18.1 Å². The van der Waals surface area contributed by atoms with Gasteiger partial charge in [0.1, 0.15) is 0 Å². The third kappa shape index (κ3) is 4.84. The van der Waals surface area contributed by atoms with Gasteiger partial charge in [0, 0.05) is 45.0 Å². The highest BCUT2D eigenvalue weighted by Gasteiger charge is 2.18. The van der Waals surface area contributed by atoms with Crippen molar-refractivity contribution in [2.45, 2.75) is 26.1 Å². The molecule has 1 aliphatic rings. The lowest BCUT2D eigenvalue weighted by Gasteiger charge is -2.36. The van der Waals surface area contributed by atoms with Crippen molar-refractivity contribution in [2.75, 3.05) is 31.1 Å². The van der Waals surface area contributed by atoms with Crippen LogP contribution in [0.4, 0.5) is 5.69 Å². The number of nitrogens with two attached hydrogens (primary N) is 1. The molecule has 1 amide bonds. The molecule has 3 N–H and O–H groups in total. The Kier molecular flexibility index (Phi) is 6.26. The number of rotatable bonds is 6. The van der Waals surface area contributed by atoms with Crippen molar-refractivity contribution in [2.24, 2.45) is 5.73 Å². The second-order valence-corrected chi connectivity index (χ2v) is 6.87. The molecular weight excluding hydrogens is 324 g/mol. The molecule has 5 nitrogen and oxygen atoms in total. The molecule has 0 spiro atoms. The van der Waals surface area contributed by atoms with E-state index in [0.717, 1.165) is 38.3 Å². The molecule has 2 aromatic carbocycles. The number of piperazine rings is 1. The first-order chi connectivity index (χ1) is 12.6. The van der Waals surface area contributed by atoms with Crippen molar-refractivity contribution < 1.29 is 4.79 Å². The molecule has 1 unspecified atom stereocenters. The van der Waals surface area contributed by atoms with E-state index in [0.29, 0.717) is 6.54 Å². The van der Waals surface area contributed by atoms with Crippen molar-refractivity contribution in [3.63, 3.8) is 0 Å². The van der Waals surface area contributed by atoms with Gasteiger partial charge in [0.05, 0.1) is 6.04 Å². The van der Waals surface area contributed by atoms with E-state index in [1.807, 2.05) is 6.07 Å². The minimum atomic E-state index is -0.478. The third-order valence-corrected chi connectivity index (χ3v) is 4.87. The Balaban J connectivity index is 1.56. The topological polar surface area (TPSA) is 61.6 Å². The van der Waals surface area contributed by atoms with Gasteiger partial charge >= 0.3 is 0 Å². The summed E-state index contributed by atoms with van der Waals surface area (Å²) in [6, 6.07) is 18.4. The first-order valence-corrected chi connectivity index (χ1v) is 9.26. The number of carbonyl (C=O) groups excluding carboxylic acids is 1. The van der Waals surface area contributed by atoms with Crippen LogP contribution < -0.4 is 16.0 Å². The zero-order chi connectivity index (χ0) is 18.4. The molecule has 0 aromatic heterocycles. The normalized spacial score (nSPS) is 16.3. The summed E-state index contributed by atoms with van der Waals surface area (Å²) in [6.07, 6.45) is 0. The standard InChI is InChI=1S/C21H28N4O/c1-17(22)21(26)23-15-18-7-5-6-8-19(18)16-24-11-13-25(14-12-24)20-9-3-2-4-10-20/h2-10,17H,11-16,22H2,1H3,(H,23,26). The monoisotopic (exact) mass is 352 g/mol. The fraction of sp³-hybridized carbons (Fsp3) is 0.381. The van der Waals surface area contributed by atoms with Crippen molar-refractivity contribution in [3.8, 4) is 0 Å². The summed E-state index contributed by atoms with van der Waals surface area (Å²) in [6.45, 7) is 7.28. The molecule has 1 saturated heterocycles. The second-order valence-electron chi connectivity index (χ2n) is 6.87. The van der Waals surface area contributed by atoms with Crippen LogP contribution in [0, 0.1) is 0 Å². The Morgan fingerprint density at radius 1 is 1.00 bits per heavy atom. The molecule has 0 aliphatic carbocycles. The van der Waals surface area contributed by atoms with Crippen LogP contribution in [0.25, 0.3) is 0 Å². The highest BCUT2D eigenvalue weighted by atomic mass is 16.2. The van der Waals surface area contributed by atoms with Gasteiger partial charge in [-0.1, -0.05) is 42.5 Å². The number of benzene rings is 2. The van der Waals surface area contributed by atoms with E-state index in [2.05, 4.69) is 63.6 Å². The minimum absolute atomic E-state index is 0.115. The second kappa shape index (κ2) is 8.83. The van der Waals surface area contributed by atoms with Crippen molar-refractivity contribution in [1.82, 2.24) is 10.2 Å². The summed E-state index contributed by atoms with van der Waals surface area (Å²) in [7, 11) is 0. The number of anilines is 1. The lowest BCUT2D eigenvalue weighted by molar-refractivity contribution is -0.122. The van der Waals surface area contributed by atoms with E-state index in [4.69, 9.17) is 5.73 Å². The van der Waals surface area contributed by atoms with Crippen LogP contribution in [0.3, 0.4) is 0 Å². The maximum atomic E-state index is 11.7. The first-order valence-electron chi connectivity index (χ1n) is 9.26. The minimum Gasteiger partial charge on any atom is -0.369 e. The van der Waals surface area contributed by atoms with Gasteiger partial charge in [0.15, 0.2) is 0 Å². The molecule has 0 bridgehead atoms. The van der Waals surface area contributed by atoms with E-state index in [1.54, 1.807) is 6.92 Å². The number of nitrogens with zero attached hydrogens (tertiary/aromatic N) is 2. The van der Waals surface area contributed by atoms with Gasteiger partial charge in [-0.2, -0.15) is 0 Å². The van der Waals surface area contributed by atoms with Gasteiger partial charge < -0.3 is 16.0 Å². The van der Waals surface area contributed by atoms with Crippen LogP contribution in [0.5, 0.6) is 0 Å². The molecule has 138 valence electrons. The third-order valence-electron chi connectivity index (χ3n) is 4.87. The van der Waals surface area contributed by atoms with Gasteiger partial charge in [-0.05, 0) is 30.2 Å². The Hall–Kier alpha value is -2.37. The number of carbonyl (C=O) groups is 1. The van der Waals surface area contributed by atoms with E-state index in [-0.39, 0.29) is 5.91 Å². The van der Waals surface area contributed by atoms with Gasteiger partial charge in [0.25, 0.3) is 0 Å². The van der Waals surface area contributed by atoms with Crippen molar-refractivity contribution >= 4 is 11.6 Å². The summed E-state index contributed by atoms with van der Waals surface area (Å²) in [5, 5.41) is 2.91. The molecule has 1 heterocycles. The molecule has 5 heteroatoms. The molecule has 1 fully saturated rings. The SMILES string of the molecule is CC(N)C(=O)NCc1ccccc1CN1CCN(c2ccccc2)CC1. The lowest BCUT2D eigenvalue weighted by atomic mass is 10.1. The number of hydrogen-bond donors (Lipinski definition) is 2. The van der Waals surface area contributed by atoms with Crippen LogP contribution in [0.15, 0.2) is 54.6 Å². The first kappa shape index (κ1) is 18.4. The summed E-state index contributed by atoms with van der Waals surface area (Å²) in [4.78, 5) is 16.6. The van der Waals surface area contributed by atoms with Crippen molar-refractivity contribution in [1.29, 1.82) is 0 Å². The van der Waals surface area contributed by atoms with Gasteiger partial charge in [-0.15, -0.1) is 0 Å². The zero-order valence-electron chi connectivity index (χ0n) is 15.4. The average Bonchev–Trinajstić information content (AvgIpc) is 2.68. The lowest BCUT2D eigenvalue weighted by Crippen LogP contribution is -2.46. The molecular formula is C21H28N4O. The number of amides is 1. The highest BCUT2D eigenvalue weighted by molar-refractivity contribution is 5.80. The predicted octanol–water partition coefficient (Wildman–Crippen LogP) is 1.97. The molecule has 2 aromatic rings. The van der Waals surface area contributed by atoms with Gasteiger partial charge in [0.2, 0.25) is 5.91 Å². The predicted molar refractivity (Wildman–Crippen MR) is 106 cm³/mol. The van der Waals surface area contributed by atoms with Gasteiger partial charge in [-0.25, -0.2) is 0 Å². The Morgan fingerprint density at radius 3 is 2.27 bits per heavy atom. The van der Waals surface area contributed by atoms with Gasteiger partial charge in [-0.3, -0.25) is 9.69 Å². The summed E-state index contributed by atoms with van der Waals surface area (Å²) >= 11 is 0. The maximum Gasteiger partial charge on any atom is 0.236 e. The van der Waals surface area contributed by atoms with Crippen LogP contribution in [0.2, 0.25) is 0 Å². The largest absolute Gasteiger partial charge is 0.369 e. The van der Waals surface area contributed by atoms with E-state index in [9.17, 15) is 4.79 Å². The van der Waals surface area contributed by atoms with E-state index >= 15 is 0 Å². The van der Waals surface area contributed by atoms with Crippen molar-refractivity contribution in [3.05, 3.63) is 65.7 Å². The van der Waals surface area contributed by atoms with Crippen LogP contribution >= 0.6 is 0 Å². The average molecular weight is 352 g/mol. The fourth-order valence-electron chi connectivity index (χ4n) is 3.27. The quantitative estimate of drug-likeness (QED) is 0.834. The van der Waals surface area contributed by atoms with Crippen LogP contribution in [-0.2, 0) is 17.9 Å². The smallest absolute Gasteiger partial charge is 0.236 e. The highest BCUT2D eigenvalue weighted by Crippen LogP contribution is 2.18. The molecule has 1 atom stereocenters. The number of para-hydroxylation sites is 1. The van der Waals surface area contributed by atoms with E-state index < -0.39 is 6.04 Å². The molecule has 0 radical (unpaired) electrons. The maximum absolute atomic E-state index is 11.7. The summed E-state index contributed by atoms with van der Waals surface area (Å²) in [5.41, 5.74) is 9.35. The molecule has 0 saturated carbocycles. The summed E-state index contributed by atoms with van der Waals surface area (Å²) < 4.78 is 0. The molecule has 26 heavy (non-hydrogen) atoms. The fourth-order valence-corrected chi connectivity index (χ4v) is 3.27. The van der Waals surface area contributed by atoms with Crippen LogP contribution in [-0.4, -0.2) is 43.0 Å². The molecule has 1 aliphatic heterocycles. The van der Waals surface area contributed by atoms with E-state index in [1.165, 1.54) is 11.3 Å². The Labute approximate surface area is 155 Å². The Morgan fingerprint density at radius 2 is 1.62 bits per heavy atom. The summed E-state index contributed by atoms with van der Waals surface area (Å²) in [5.74, 6) is -0.115. The zero-order valence-corrected chi connectivity index (χ0v) is 15.4. The number of nitrogens with one attached hydrogen (secondary N) is 1.